The fraction of sp³-hybridized carbons (Fsp3) is 0.222. The number of ketones is 1. The SMILES string of the molecule is CC(C)OC(=O)c1cc[n+](CC(=O)c2ccc(C#N)cc2)cc1. The summed E-state index contributed by atoms with van der Waals surface area (Å²) in [7, 11) is 0. The molecule has 0 unspecified atom stereocenters. The molecule has 0 aliphatic rings. The van der Waals surface area contributed by atoms with Gasteiger partial charge in [-0.1, -0.05) is 0 Å². The number of rotatable bonds is 5. The lowest BCUT2D eigenvalue weighted by molar-refractivity contribution is -0.683. The Morgan fingerprint density at radius 2 is 1.70 bits per heavy atom. The Morgan fingerprint density at radius 1 is 1.09 bits per heavy atom. The van der Waals surface area contributed by atoms with Crippen molar-refractivity contribution in [2.24, 2.45) is 0 Å². The predicted molar refractivity (Wildman–Crippen MR) is 82.7 cm³/mol. The summed E-state index contributed by atoms with van der Waals surface area (Å²) in [6.45, 7) is 3.74. The minimum Gasteiger partial charge on any atom is -0.459 e. The molecule has 0 aliphatic heterocycles. The number of pyridine rings is 1. The van der Waals surface area contributed by atoms with E-state index in [1.807, 2.05) is 6.07 Å². The van der Waals surface area contributed by atoms with Crippen LogP contribution in [0, 0.1) is 11.3 Å². The third kappa shape index (κ3) is 4.48. The number of aromatic nitrogens is 1. The lowest BCUT2D eigenvalue weighted by atomic mass is 10.1. The summed E-state index contributed by atoms with van der Waals surface area (Å²) in [5.74, 6) is -0.456. The average Bonchev–Trinajstić information content (AvgIpc) is 2.55. The minimum atomic E-state index is -0.384. The van der Waals surface area contributed by atoms with Crippen molar-refractivity contribution in [3.63, 3.8) is 0 Å². The van der Waals surface area contributed by atoms with Gasteiger partial charge in [-0.3, -0.25) is 4.79 Å². The number of esters is 1. The van der Waals surface area contributed by atoms with Crippen LogP contribution in [0.25, 0.3) is 0 Å². The van der Waals surface area contributed by atoms with E-state index in [4.69, 9.17) is 10.00 Å². The van der Waals surface area contributed by atoms with Gasteiger partial charge in [0.25, 0.3) is 0 Å². The highest BCUT2D eigenvalue weighted by Gasteiger charge is 2.14. The van der Waals surface area contributed by atoms with Crippen LogP contribution in [0.15, 0.2) is 48.8 Å². The fourth-order valence-electron chi connectivity index (χ4n) is 1.97. The number of Topliss-reactive ketones (excluding diaryl/α,β-unsaturated/α-hetero) is 1. The number of hydrogen-bond acceptors (Lipinski definition) is 4. The van der Waals surface area contributed by atoms with Crippen molar-refractivity contribution in [1.29, 1.82) is 5.26 Å². The van der Waals surface area contributed by atoms with Crippen molar-refractivity contribution in [2.75, 3.05) is 0 Å². The Morgan fingerprint density at radius 3 is 2.22 bits per heavy atom. The third-order valence-corrected chi connectivity index (χ3v) is 3.13. The van der Waals surface area contributed by atoms with Crippen LogP contribution in [0.1, 0.15) is 40.1 Å². The van der Waals surface area contributed by atoms with E-state index in [9.17, 15) is 9.59 Å². The van der Waals surface area contributed by atoms with Crippen LogP contribution in [-0.4, -0.2) is 17.9 Å². The van der Waals surface area contributed by atoms with Crippen LogP contribution in [0.3, 0.4) is 0 Å². The maximum Gasteiger partial charge on any atom is 0.338 e. The normalized spacial score (nSPS) is 10.2. The van der Waals surface area contributed by atoms with Gasteiger partial charge >= 0.3 is 5.97 Å². The van der Waals surface area contributed by atoms with E-state index in [0.29, 0.717) is 16.7 Å². The molecule has 0 saturated heterocycles. The molecule has 23 heavy (non-hydrogen) atoms. The molecule has 0 bridgehead atoms. The highest BCUT2D eigenvalue weighted by atomic mass is 16.5. The number of nitrogens with zero attached hydrogens (tertiary/aromatic N) is 2. The second-order valence-corrected chi connectivity index (χ2v) is 5.33. The van der Waals surface area contributed by atoms with Gasteiger partial charge in [0, 0.05) is 17.7 Å². The van der Waals surface area contributed by atoms with E-state index in [-0.39, 0.29) is 24.4 Å². The molecule has 1 aromatic heterocycles. The molecule has 5 nitrogen and oxygen atoms in total. The van der Waals surface area contributed by atoms with E-state index in [1.165, 1.54) is 0 Å². The number of benzene rings is 1. The standard InChI is InChI=1S/C18H17N2O3/c1-13(2)23-18(22)16-7-9-20(10-8-16)12-17(21)15-5-3-14(11-19)4-6-15/h3-10,13H,12H2,1-2H3/q+1. The Balaban J connectivity index is 2.04. The van der Waals surface area contributed by atoms with Gasteiger partial charge in [0.2, 0.25) is 12.3 Å². The van der Waals surface area contributed by atoms with E-state index in [0.717, 1.165) is 0 Å². The Hall–Kier alpha value is -3.00. The molecule has 0 N–H and O–H groups in total. The summed E-state index contributed by atoms with van der Waals surface area (Å²) in [5, 5.41) is 8.75. The molecule has 2 rings (SSSR count). The molecule has 0 aliphatic carbocycles. The quantitative estimate of drug-likeness (QED) is 0.483. The Kier molecular flexibility index (Phi) is 5.21. The summed E-state index contributed by atoms with van der Waals surface area (Å²) < 4.78 is 6.79. The minimum absolute atomic E-state index is 0.0722. The first-order chi connectivity index (χ1) is 11.0. The van der Waals surface area contributed by atoms with Crippen molar-refractivity contribution in [3.8, 4) is 6.07 Å². The van der Waals surface area contributed by atoms with Crippen LogP contribution in [0.4, 0.5) is 0 Å². The molecule has 1 aromatic carbocycles. The van der Waals surface area contributed by atoms with Crippen molar-refractivity contribution < 1.29 is 18.9 Å². The number of nitriles is 1. The average molecular weight is 309 g/mol. The molecule has 5 heteroatoms. The summed E-state index contributed by atoms with van der Waals surface area (Å²) in [6.07, 6.45) is 3.16. The first kappa shape index (κ1) is 16.4. The smallest absolute Gasteiger partial charge is 0.338 e. The summed E-state index contributed by atoms with van der Waals surface area (Å²) >= 11 is 0. The zero-order valence-electron chi connectivity index (χ0n) is 13.0. The molecule has 0 atom stereocenters. The zero-order chi connectivity index (χ0) is 16.8. The highest BCUT2D eigenvalue weighted by Crippen LogP contribution is 2.05. The summed E-state index contributed by atoms with van der Waals surface area (Å²) in [6, 6.07) is 11.8. The first-order valence-corrected chi connectivity index (χ1v) is 7.23. The number of ether oxygens (including phenoxy) is 1. The second-order valence-electron chi connectivity index (χ2n) is 5.33. The van der Waals surface area contributed by atoms with Gasteiger partial charge in [-0.25, -0.2) is 4.79 Å². The summed E-state index contributed by atoms with van der Waals surface area (Å²) in [5.41, 5.74) is 1.50. The van der Waals surface area contributed by atoms with Gasteiger partial charge in [-0.2, -0.15) is 9.83 Å². The van der Waals surface area contributed by atoms with Crippen molar-refractivity contribution in [2.45, 2.75) is 26.5 Å². The zero-order valence-corrected chi connectivity index (χ0v) is 13.0. The van der Waals surface area contributed by atoms with Gasteiger partial charge < -0.3 is 4.74 Å². The summed E-state index contributed by atoms with van der Waals surface area (Å²) in [4.78, 5) is 23.9. The molecular weight excluding hydrogens is 292 g/mol. The van der Waals surface area contributed by atoms with Crippen LogP contribution < -0.4 is 4.57 Å². The number of carbonyl (C=O) groups excluding carboxylic acids is 2. The van der Waals surface area contributed by atoms with Crippen LogP contribution in [0.2, 0.25) is 0 Å². The molecule has 0 amide bonds. The van der Waals surface area contributed by atoms with Gasteiger partial charge in [0.05, 0.1) is 23.3 Å². The molecule has 0 radical (unpaired) electrons. The van der Waals surface area contributed by atoms with Crippen LogP contribution >= 0.6 is 0 Å². The lowest BCUT2D eigenvalue weighted by Gasteiger charge is -2.06. The number of carbonyl (C=O) groups is 2. The Labute approximate surface area is 134 Å². The molecule has 0 saturated carbocycles. The maximum absolute atomic E-state index is 12.2. The third-order valence-electron chi connectivity index (χ3n) is 3.13. The predicted octanol–water partition coefficient (Wildman–Crippen LogP) is 2.29. The molecule has 2 aromatic rings. The number of hydrogen-bond donors (Lipinski definition) is 0. The first-order valence-electron chi connectivity index (χ1n) is 7.23. The molecule has 116 valence electrons. The molecule has 1 heterocycles. The van der Waals surface area contributed by atoms with Gasteiger partial charge in [0.15, 0.2) is 12.4 Å². The topological polar surface area (TPSA) is 71.0 Å². The fourth-order valence-corrected chi connectivity index (χ4v) is 1.97. The van der Waals surface area contributed by atoms with Crippen molar-refractivity contribution >= 4 is 11.8 Å². The largest absolute Gasteiger partial charge is 0.459 e. The highest BCUT2D eigenvalue weighted by molar-refractivity contribution is 5.95. The second kappa shape index (κ2) is 7.32. The molecule has 0 fully saturated rings. The monoisotopic (exact) mass is 309 g/mol. The van der Waals surface area contributed by atoms with E-state index in [2.05, 4.69) is 0 Å². The van der Waals surface area contributed by atoms with Gasteiger partial charge in [0.1, 0.15) is 0 Å². The maximum atomic E-state index is 12.2. The Bertz CT molecular complexity index is 741. The van der Waals surface area contributed by atoms with Gasteiger partial charge in [-0.05, 0) is 38.1 Å². The molecule has 0 spiro atoms. The lowest BCUT2D eigenvalue weighted by Crippen LogP contribution is -2.37. The van der Waals surface area contributed by atoms with Crippen LogP contribution in [0.5, 0.6) is 0 Å². The molecular formula is C18H17N2O3+. The van der Waals surface area contributed by atoms with Crippen molar-refractivity contribution in [1.82, 2.24) is 0 Å². The van der Waals surface area contributed by atoms with E-state index < -0.39 is 0 Å². The van der Waals surface area contributed by atoms with E-state index >= 15 is 0 Å². The van der Waals surface area contributed by atoms with Gasteiger partial charge in [-0.15, -0.1) is 0 Å². The van der Waals surface area contributed by atoms with Crippen molar-refractivity contribution in [3.05, 3.63) is 65.5 Å². The van der Waals surface area contributed by atoms with Crippen LogP contribution in [-0.2, 0) is 11.3 Å². The van der Waals surface area contributed by atoms with E-state index in [1.54, 1.807) is 67.2 Å².